The molecule has 0 aliphatic carbocycles. The topological polar surface area (TPSA) is 58.6 Å². The Hall–Kier alpha value is -1.39. The minimum Gasteiger partial charge on any atom is -0.466 e. The predicted octanol–water partition coefficient (Wildman–Crippen LogP) is 1.52. The molecule has 0 heterocycles. The van der Waals surface area contributed by atoms with Gasteiger partial charge in [-0.1, -0.05) is 30.3 Å². The second-order valence-electron chi connectivity index (χ2n) is 4.46. The van der Waals surface area contributed by atoms with Crippen molar-refractivity contribution in [2.45, 2.75) is 32.3 Å². The molecule has 0 aliphatic rings. The van der Waals surface area contributed by atoms with Gasteiger partial charge < -0.3 is 15.2 Å². The molecule has 1 atom stereocenters. The molecule has 0 aromatic heterocycles. The minimum atomic E-state index is -0.671. The third-order valence-corrected chi connectivity index (χ3v) is 2.75. The van der Waals surface area contributed by atoms with Crippen LogP contribution in [0.25, 0.3) is 0 Å². The van der Waals surface area contributed by atoms with Gasteiger partial charge >= 0.3 is 5.97 Å². The molecular weight excluding hydrogens is 242 g/mol. The maximum atomic E-state index is 11.1. The fraction of sp³-hybridized carbons (Fsp3) is 0.533. The van der Waals surface area contributed by atoms with Crippen LogP contribution < -0.4 is 5.32 Å². The lowest BCUT2D eigenvalue weighted by atomic mass is 10.1. The average Bonchev–Trinajstić information content (AvgIpc) is 2.39. The summed E-state index contributed by atoms with van der Waals surface area (Å²) in [5, 5.41) is 12.7. The number of aryl methyl sites for hydroxylation is 1. The van der Waals surface area contributed by atoms with Crippen molar-refractivity contribution in [3.63, 3.8) is 0 Å². The molecule has 1 aromatic carbocycles. The van der Waals surface area contributed by atoms with E-state index < -0.39 is 6.10 Å². The summed E-state index contributed by atoms with van der Waals surface area (Å²) in [5.74, 6) is -0.346. The summed E-state index contributed by atoms with van der Waals surface area (Å²) in [7, 11) is 0. The SMILES string of the molecule is CCOC(=O)CC(O)CNCCCc1ccccc1. The van der Waals surface area contributed by atoms with E-state index in [-0.39, 0.29) is 12.4 Å². The van der Waals surface area contributed by atoms with Crippen molar-refractivity contribution in [1.29, 1.82) is 0 Å². The molecule has 19 heavy (non-hydrogen) atoms. The number of rotatable bonds is 9. The highest BCUT2D eigenvalue weighted by Gasteiger charge is 2.10. The number of hydrogen-bond donors (Lipinski definition) is 2. The molecule has 1 rings (SSSR count). The number of aliphatic hydroxyl groups is 1. The fourth-order valence-electron chi connectivity index (χ4n) is 1.82. The van der Waals surface area contributed by atoms with Crippen LogP contribution in [-0.2, 0) is 16.0 Å². The summed E-state index contributed by atoms with van der Waals surface area (Å²) in [4.78, 5) is 11.1. The summed E-state index contributed by atoms with van der Waals surface area (Å²) >= 11 is 0. The van der Waals surface area contributed by atoms with Crippen LogP contribution in [0.5, 0.6) is 0 Å². The normalized spacial score (nSPS) is 12.1. The molecule has 0 amide bonds. The molecule has 1 aromatic rings. The zero-order valence-corrected chi connectivity index (χ0v) is 11.5. The summed E-state index contributed by atoms with van der Waals surface area (Å²) in [5.41, 5.74) is 1.32. The van der Waals surface area contributed by atoms with Gasteiger partial charge in [-0.15, -0.1) is 0 Å². The van der Waals surface area contributed by atoms with Crippen LogP contribution in [0.3, 0.4) is 0 Å². The van der Waals surface area contributed by atoms with Gasteiger partial charge in [-0.3, -0.25) is 4.79 Å². The maximum Gasteiger partial charge on any atom is 0.308 e. The van der Waals surface area contributed by atoms with Crippen LogP contribution in [0.1, 0.15) is 25.3 Å². The summed E-state index contributed by atoms with van der Waals surface area (Å²) in [6, 6.07) is 10.3. The van der Waals surface area contributed by atoms with Crippen molar-refractivity contribution >= 4 is 5.97 Å². The van der Waals surface area contributed by atoms with Gasteiger partial charge in [0.15, 0.2) is 0 Å². The van der Waals surface area contributed by atoms with Crippen LogP contribution >= 0.6 is 0 Å². The number of hydrogen-bond acceptors (Lipinski definition) is 4. The van der Waals surface area contributed by atoms with Crippen LogP contribution in [0, 0.1) is 0 Å². The van der Waals surface area contributed by atoms with Gasteiger partial charge in [0.2, 0.25) is 0 Å². The minimum absolute atomic E-state index is 0.0551. The van der Waals surface area contributed by atoms with Gasteiger partial charge in [0.1, 0.15) is 0 Å². The Bertz CT molecular complexity index is 354. The lowest BCUT2D eigenvalue weighted by molar-refractivity contribution is -0.145. The molecule has 2 N–H and O–H groups in total. The quantitative estimate of drug-likeness (QED) is 0.525. The smallest absolute Gasteiger partial charge is 0.308 e. The molecule has 0 spiro atoms. The number of benzene rings is 1. The Morgan fingerprint density at radius 1 is 1.37 bits per heavy atom. The number of aliphatic hydroxyl groups excluding tert-OH is 1. The van der Waals surface area contributed by atoms with Gasteiger partial charge in [0.25, 0.3) is 0 Å². The lowest BCUT2D eigenvalue weighted by Gasteiger charge is -2.11. The predicted molar refractivity (Wildman–Crippen MR) is 74.9 cm³/mol. The number of ether oxygens (including phenoxy) is 1. The first-order valence-electron chi connectivity index (χ1n) is 6.80. The van der Waals surface area contributed by atoms with E-state index in [2.05, 4.69) is 17.4 Å². The Kier molecular flexibility index (Phi) is 7.86. The lowest BCUT2D eigenvalue weighted by Crippen LogP contribution is -2.30. The first kappa shape index (κ1) is 15.7. The van der Waals surface area contributed by atoms with Crippen molar-refractivity contribution in [1.82, 2.24) is 5.32 Å². The molecule has 106 valence electrons. The zero-order valence-electron chi connectivity index (χ0n) is 11.5. The first-order valence-corrected chi connectivity index (χ1v) is 6.80. The highest BCUT2D eigenvalue weighted by Crippen LogP contribution is 2.01. The third kappa shape index (κ3) is 7.59. The maximum absolute atomic E-state index is 11.1. The fourth-order valence-corrected chi connectivity index (χ4v) is 1.82. The highest BCUT2D eigenvalue weighted by atomic mass is 16.5. The molecular formula is C15H23NO3. The Morgan fingerprint density at radius 3 is 2.79 bits per heavy atom. The molecule has 0 radical (unpaired) electrons. The van der Waals surface area contributed by atoms with Crippen molar-refractivity contribution in [2.75, 3.05) is 19.7 Å². The number of esters is 1. The molecule has 4 heteroatoms. The first-order chi connectivity index (χ1) is 9.22. The third-order valence-electron chi connectivity index (χ3n) is 2.75. The van der Waals surface area contributed by atoms with Gasteiger partial charge in [0.05, 0.1) is 19.1 Å². The van der Waals surface area contributed by atoms with E-state index in [1.54, 1.807) is 6.92 Å². The second-order valence-corrected chi connectivity index (χ2v) is 4.46. The monoisotopic (exact) mass is 265 g/mol. The van der Waals surface area contributed by atoms with Crippen LogP contribution in [0.15, 0.2) is 30.3 Å². The molecule has 4 nitrogen and oxygen atoms in total. The van der Waals surface area contributed by atoms with Gasteiger partial charge in [-0.05, 0) is 31.9 Å². The van der Waals surface area contributed by atoms with E-state index >= 15 is 0 Å². The Balaban J connectivity index is 2.03. The molecule has 1 unspecified atom stereocenters. The largest absolute Gasteiger partial charge is 0.466 e. The van der Waals surface area contributed by atoms with Crippen LogP contribution in [0.2, 0.25) is 0 Å². The van der Waals surface area contributed by atoms with E-state index in [4.69, 9.17) is 4.74 Å². The molecule has 0 fully saturated rings. The van der Waals surface area contributed by atoms with Crippen molar-refractivity contribution in [2.24, 2.45) is 0 Å². The van der Waals surface area contributed by atoms with E-state index in [0.717, 1.165) is 19.4 Å². The van der Waals surface area contributed by atoms with Gasteiger partial charge in [-0.25, -0.2) is 0 Å². The van der Waals surface area contributed by atoms with E-state index in [1.165, 1.54) is 5.56 Å². The zero-order chi connectivity index (χ0) is 13.9. The number of carbonyl (C=O) groups excluding carboxylic acids is 1. The Morgan fingerprint density at radius 2 is 2.11 bits per heavy atom. The van der Waals surface area contributed by atoms with Gasteiger partial charge in [0, 0.05) is 6.54 Å². The van der Waals surface area contributed by atoms with Gasteiger partial charge in [-0.2, -0.15) is 0 Å². The average molecular weight is 265 g/mol. The summed E-state index contributed by atoms with van der Waals surface area (Å²) < 4.78 is 4.77. The highest BCUT2D eigenvalue weighted by molar-refractivity contribution is 5.69. The molecule has 0 bridgehead atoms. The van der Waals surface area contributed by atoms with E-state index in [1.807, 2.05) is 18.2 Å². The van der Waals surface area contributed by atoms with Crippen molar-refractivity contribution < 1.29 is 14.6 Å². The molecule has 0 aliphatic heterocycles. The van der Waals surface area contributed by atoms with E-state index in [0.29, 0.717) is 13.2 Å². The Labute approximate surface area is 114 Å². The van der Waals surface area contributed by atoms with E-state index in [9.17, 15) is 9.90 Å². The summed E-state index contributed by atoms with van der Waals surface area (Å²) in [6.07, 6.45) is 1.41. The van der Waals surface area contributed by atoms with Crippen molar-refractivity contribution in [3.8, 4) is 0 Å². The standard InChI is InChI=1S/C15H23NO3/c1-2-19-15(18)11-14(17)12-16-10-6-9-13-7-4-3-5-8-13/h3-5,7-8,14,16-17H,2,6,9-12H2,1H3. The molecule has 0 saturated heterocycles. The van der Waals surface area contributed by atoms with Crippen LogP contribution in [0.4, 0.5) is 0 Å². The summed E-state index contributed by atoms with van der Waals surface area (Å²) in [6.45, 7) is 3.37. The molecule has 0 saturated carbocycles. The number of nitrogens with one attached hydrogen (secondary N) is 1. The second kappa shape index (κ2) is 9.53. The van der Waals surface area contributed by atoms with Crippen molar-refractivity contribution in [3.05, 3.63) is 35.9 Å². The number of carbonyl (C=O) groups is 1. The van der Waals surface area contributed by atoms with Crippen LogP contribution in [-0.4, -0.2) is 36.9 Å².